The third kappa shape index (κ3) is 16.9. The smallest absolute Gasteiger partial charge is 0.118 e. The van der Waals surface area contributed by atoms with E-state index in [-0.39, 0.29) is 0 Å². The van der Waals surface area contributed by atoms with Gasteiger partial charge >= 0.3 is 0 Å². The molecule has 1 aromatic carbocycles. The zero-order valence-corrected chi connectivity index (χ0v) is 15.7. The summed E-state index contributed by atoms with van der Waals surface area (Å²) in [6, 6.07) is 7.67. The van der Waals surface area contributed by atoms with Crippen molar-refractivity contribution in [3.05, 3.63) is 43.0 Å². The fraction of sp³-hybridized carbons (Fsp3) is 0.619. The van der Waals surface area contributed by atoms with E-state index in [9.17, 15) is 5.11 Å². The Morgan fingerprint density at radius 1 is 0.826 bits per heavy atom. The molecule has 0 bridgehead atoms. The normalized spacial score (nSPS) is 9.35. The van der Waals surface area contributed by atoms with Gasteiger partial charge in [-0.3, -0.25) is 0 Å². The third-order valence-electron chi connectivity index (χ3n) is 3.45. The molecular formula is C21H38O2. The second-order valence-electron chi connectivity index (χ2n) is 5.28. The molecule has 0 heterocycles. The number of aryl methyl sites for hydroxylation is 1. The summed E-state index contributed by atoms with van der Waals surface area (Å²) in [5, 5.41) is 9.58. The average Bonchev–Trinajstić information content (AvgIpc) is 2.59. The van der Waals surface area contributed by atoms with Crippen LogP contribution in [0.3, 0.4) is 0 Å². The number of hydrogen-bond acceptors (Lipinski definition) is 2. The topological polar surface area (TPSA) is 29.5 Å². The van der Waals surface area contributed by atoms with Crippen LogP contribution >= 0.6 is 0 Å². The van der Waals surface area contributed by atoms with Crippen LogP contribution in [0.4, 0.5) is 0 Å². The zero-order valence-electron chi connectivity index (χ0n) is 15.7. The number of para-hydroxylation sites is 1. The molecule has 0 aliphatic rings. The lowest BCUT2D eigenvalue weighted by Crippen LogP contribution is -1.87. The van der Waals surface area contributed by atoms with E-state index in [4.69, 9.17) is 4.74 Å². The first-order valence-electron chi connectivity index (χ1n) is 9.10. The Kier molecular flexibility index (Phi) is 21.6. The van der Waals surface area contributed by atoms with Gasteiger partial charge in [0.15, 0.2) is 0 Å². The standard InChI is InChI=1S/C15H24O.C4H10O.C2H4/c1-2-3-4-5-6-7-8-11-14-12-9-10-13-15(14)16;1-3-5-4-2;1-2/h9-10,12-13,16H,2-8,11H2,1H3;3-4H2,1-2H3;1-2H2. The van der Waals surface area contributed by atoms with Crippen molar-refractivity contribution >= 4 is 0 Å². The van der Waals surface area contributed by atoms with Crippen molar-refractivity contribution in [3.63, 3.8) is 0 Å². The molecule has 0 atom stereocenters. The highest BCUT2D eigenvalue weighted by Crippen LogP contribution is 2.18. The lowest BCUT2D eigenvalue weighted by atomic mass is 10.0. The molecule has 0 aliphatic heterocycles. The molecular weight excluding hydrogens is 284 g/mol. The van der Waals surface area contributed by atoms with Gasteiger partial charge in [0.25, 0.3) is 0 Å². The lowest BCUT2D eigenvalue weighted by molar-refractivity contribution is 0.162. The van der Waals surface area contributed by atoms with E-state index in [1.165, 1.54) is 44.9 Å². The molecule has 23 heavy (non-hydrogen) atoms. The van der Waals surface area contributed by atoms with Crippen molar-refractivity contribution in [3.8, 4) is 5.75 Å². The van der Waals surface area contributed by atoms with Gasteiger partial charge in [-0.05, 0) is 38.3 Å². The number of ether oxygens (including phenoxy) is 1. The van der Waals surface area contributed by atoms with Gasteiger partial charge in [0.2, 0.25) is 0 Å². The number of benzene rings is 1. The summed E-state index contributed by atoms with van der Waals surface area (Å²) in [4.78, 5) is 0. The number of unbranched alkanes of at least 4 members (excludes halogenated alkanes) is 6. The van der Waals surface area contributed by atoms with Gasteiger partial charge < -0.3 is 9.84 Å². The summed E-state index contributed by atoms with van der Waals surface area (Å²) in [6.07, 6.45) is 10.3. The number of phenols is 1. The van der Waals surface area contributed by atoms with Gasteiger partial charge in [-0.2, -0.15) is 0 Å². The van der Waals surface area contributed by atoms with Crippen molar-refractivity contribution in [2.45, 2.75) is 72.1 Å². The lowest BCUT2D eigenvalue weighted by Gasteiger charge is -2.04. The van der Waals surface area contributed by atoms with Crippen LogP contribution in [0.15, 0.2) is 37.4 Å². The van der Waals surface area contributed by atoms with Crippen LogP contribution in [0, 0.1) is 0 Å². The highest BCUT2D eigenvalue weighted by atomic mass is 16.5. The van der Waals surface area contributed by atoms with Crippen LogP contribution in [-0.2, 0) is 11.2 Å². The van der Waals surface area contributed by atoms with Crippen molar-refractivity contribution < 1.29 is 9.84 Å². The fourth-order valence-electron chi connectivity index (χ4n) is 2.20. The molecule has 0 spiro atoms. The van der Waals surface area contributed by atoms with Crippen molar-refractivity contribution in [2.75, 3.05) is 13.2 Å². The van der Waals surface area contributed by atoms with Gasteiger partial charge in [0.05, 0.1) is 0 Å². The zero-order chi connectivity index (χ0) is 17.8. The molecule has 0 amide bonds. The summed E-state index contributed by atoms with van der Waals surface area (Å²) in [6.45, 7) is 13.9. The second kappa shape index (κ2) is 20.7. The first-order chi connectivity index (χ1) is 11.3. The Bertz CT molecular complexity index is 334. The van der Waals surface area contributed by atoms with Crippen LogP contribution in [-0.4, -0.2) is 18.3 Å². The molecule has 1 aromatic rings. The molecule has 0 saturated heterocycles. The predicted octanol–water partition coefficient (Wildman–Crippen LogP) is 6.53. The van der Waals surface area contributed by atoms with Crippen LogP contribution < -0.4 is 0 Å². The second-order valence-corrected chi connectivity index (χ2v) is 5.28. The molecule has 0 aromatic heterocycles. The van der Waals surface area contributed by atoms with Crippen LogP contribution in [0.1, 0.15) is 71.3 Å². The summed E-state index contributed by atoms with van der Waals surface area (Å²) >= 11 is 0. The summed E-state index contributed by atoms with van der Waals surface area (Å²) in [7, 11) is 0. The van der Waals surface area contributed by atoms with E-state index < -0.39 is 0 Å². The van der Waals surface area contributed by atoms with Gasteiger partial charge in [0, 0.05) is 13.2 Å². The first-order valence-corrected chi connectivity index (χ1v) is 9.10. The van der Waals surface area contributed by atoms with Gasteiger partial charge in [-0.25, -0.2) is 0 Å². The minimum atomic E-state index is 0.452. The molecule has 0 radical (unpaired) electrons. The van der Waals surface area contributed by atoms with Gasteiger partial charge in [0.1, 0.15) is 5.75 Å². The Balaban J connectivity index is 0. The highest BCUT2D eigenvalue weighted by Gasteiger charge is 1.98. The maximum atomic E-state index is 9.58. The molecule has 1 N–H and O–H groups in total. The third-order valence-corrected chi connectivity index (χ3v) is 3.45. The quantitative estimate of drug-likeness (QED) is 0.392. The van der Waals surface area contributed by atoms with Crippen LogP contribution in [0.5, 0.6) is 5.75 Å². The molecule has 2 heteroatoms. The molecule has 0 saturated carbocycles. The van der Waals surface area contributed by atoms with Crippen molar-refractivity contribution in [1.29, 1.82) is 0 Å². The summed E-state index contributed by atoms with van der Waals surface area (Å²) in [5.41, 5.74) is 1.09. The maximum Gasteiger partial charge on any atom is 0.118 e. The Morgan fingerprint density at radius 3 is 1.83 bits per heavy atom. The summed E-state index contributed by atoms with van der Waals surface area (Å²) in [5.74, 6) is 0.452. The van der Waals surface area contributed by atoms with E-state index in [0.717, 1.165) is 25.2 Å². The van der Waals surface area contributed by atoms with E-state index in [1.807, 2.05) is 32.0 Å². The van der Waals surface area contributed by atoms with E-state index in [0.29, 0.717) is 5.75 Å². The predicted molar refractivity (Wildman–Crippen MR) is 103 cm³/mol. The Labute approximate surface area is 144 Å². The van der Waals surface area contributed by atoms with Crippen molar-refractivity contribution in [2.24, 2.45) is 0 Å². The van der Waals surface area contributed by atoms with E-state index in [1.54, 1.807) is 6.07 Å². The first kappa shape index (κ1) is 24.0. The number of rotatable bonds is 10. The maximum absolute atomic E-state index is 9.58. The molecule has 0 aliphatic carbocycles. The van der Waals surface area contributed by atoms with Gasteiger partial charge in [-0.1, -0.05) is 63.6 Å². The minimum Gasteiger partial charge on any atom is -0.508 e. The number of aromatic hydroxyl groups is 1. The highest BCUT2D eigenvalue weighted by molar-refractivity contribution is 5.31. The SMILES string of the molecule is C=C.CCCCCCCCCc1ccccc1O.CCOCC. The molecule has 0 unspecified atom stereocenters. The average molecular weight is 323 g/mol. The molecule has 134 valence electrons. The van der Waals surface area contributed by atoms with E-state index >= 15 is 0 Å². The largest absolute Gasteiger partial charge is 0.508 e. The molecule has 1 rings (SSSR count). The summed E-state index contributed by atoms with van der Waals surface area (Å²) < 4.78 is 4.83. The van der Waals surface area contributed by atoms with Crippen LogP contribution in [0.25, 0.3) is 0 Å². The minimum absolute atomic E-state index is 0.452. The number of phenolic OH excluding ortho intramolecular Hbond substituents is 1. The molecule has 0 fully saturated rings. The fourth-order valence-corrected chi connectivity index (χ4v) is 2.20. The van der Waals surface area contributed by atoms with Crippen LogP contribution in [0.2, 0.25) is 0 Å². The monoisotopic (exact) mass is 322 g/mol. The Morgan fingerprint density at radius 2 is 1.35 bits per heavy atom. The molecule has 2 nitrogen and oxygen atoms in total. The van der Waals surface area contributed by atoms with E-state index in [2.05, 4.69) is 20.1 Å². The van der Waals surface area contributed by atoms with Gasteiger partial charge in [-0.15, -0.1) is 13.2 Å². The van der Waals surface area contributed by atoms with Crippen molar-refractivity contribution in [1.82, 2.24) is 0 Å². The number of hydrogen-bond donors (Lipinski definition) is 1. The Hall–Kier alpha value is -1.28.